The van der Waals surface area contributed by atoms with E-state index in [4.69, 9.17) is 0 Å². The average Bonchev–Trinajstić information content (AvgIpc) is 3.13. The summed E-state index contributed by atoms with van der Waals surface area (Å²) >= 11 is 0. The van der Waals surface area contributed by atoms with Gasteiger partial charge in [-0.05, 0) is 81.1 Å². The number of hydrogen-bond donors (Lipinski definition) is 2. The molecule has 8 nitrogen and oxygen atoms in total. The van der Waals surface area contributed by atoms with Gasteiger partial charge in [-0.25, -0.2) is 9.97 Å². The molecule has 4 fully saturated rings. The molecule has 176 valence electrons. The second kappa shape index (κ2) is 7.79. The van der Waals surface area contributed by atoms with Crippen LogP contribution >= 0.6 is 0 Å². The predicted octanol–water partition coefficient (Wildman–Crippen LogP) is 2.71. The van der Waals surface area contributed by atoms with Crippen LogP contribution in [0.3, 0.4) is 0 Å². The summed E-state index contributed by atoms with van der Waals surface area (Å²) in [5.41, 5.74) is 3.48. The first-order valence-electron chi connectivity index (χ1n) is 12.4. The van der Waals surface area contributed by atoms with E-state index in [0.29, 0.717) is 31.7 Å². The van der Waals surface area contributed by atoms with Gasteiger partial charge in [0, 0.05) is 31.4 Å². The largest absolute Gasteiger partial charge is 0.391 e. The maximum absolute atomic E-state index is 12.9. The number of hydrogen-bond acceptors (Lipinski definition) is 6. The van der Waals surface area contributed by atoms with Gasteiger partial charge in [0.25, 0.3) is 5.91 Å². The normalized spacial score (nSPS) is 30.9. The van der Waals surface area contributed by atoms with Crippen molar-refractivity contribution in [2.75, 3.05) is 18.4 Å². The molecule has 0 saturated heterocycles. The first-order chi connectivity index (χ1) is 15.9. The molecule has 4 aliphatic carbocycles. The molecule has 1 aliphatic heterocycles. The number of fused-ring (bicyclic) bond motifs is 1. The van der Waals surface area contributed by atoms with Crippen LogP contribution in [0.2, 0.25) is 0 Å². The molecule has 1 unspecified atom stereocenters. The van der Waals surface area contributed by atoms with Gasteiger partial charge < -0.3 is 15.3 Å². The maximum Gasteiger partial charge on any atom is 0.274 e. The van der Waals surface area contributed by atoms with E-state index in [9.17, 15) is 9.90 Å². The van der Waals surface area contributed by atoms with E-state index in [2.05, 4.69) is 20.4 Å². The monoisotopic (exact) mass is 450 g/mol. The van der Waals surface area contributed by atoms with Gasteiger partial charge in [0.2, 0.25) is 0 Å². The molecule has 2 N–H and O–H groups in total. The van der Waals surface area contributed by atoms with Gasteiger partial charge >= 0.3 is 0 Å². The molecule has 7 rings (SSSR count). The Morgan fingerprint density at radius 3 is 2.55 bits per heavy atom. The van der Waals surface area contributed by atoms with Crippen LogP contribution in [-0.4, -0.2) is 54.9 Å². The Kier molecular flexibility index (Phi) is 4.98. The highest BCUT2D eigenvalue weighted by Gasteiger charge is 2.53. The first kappa shape index (κ1) is 21.1. The SMILES string of the molecule is Cc1cc(C(=O)N2CCc3c(ncnc3NCC(O)C34CC5CC(CC(C5)C3)C4)C2)nn1C. The molecule has 3 heterocycles. The summed E-state index contributed by atoms with van der Waals surface area (Å²) in [7, 11) is 1.85. The number of carbonyl (C=O) groups is 1. The number of nitrogens with zero attached hydrogens (tertiary/aromatic N) is 5. The quantitative estimate of drug-likeness (QED) is 0.727. The fraction of sp³-hybridized carbons (Fsp3) is 0.680. The minimum atomic E-state index is -0.342. The molecule has 0 radical (unpaired) electrons. The number of anilines is 1. The van der Waals surface area contributed by atoms with E-state index in [1.807, 2.05) is 24.9 Å². The number of aliphatic hydroxyl groups is 1. The third-order valence-corrected chi connectivity index (χ3v) is 8.88. The summed E-state index contributed by atoms with van der Waals surface area (Å²) in [6, 6.07) is 1.83. The number of aliphatic hydroxyl groups excluding tert-OH is 1. The van der Waals surface area contributed by atoms with E-state index in [1.54, 1.807) is 11.0 Å². The van der Waals surface area contributed by atoms with Crippen LogP contribution in [0.25, 0.3) is 0 Å². The molecular weight excluding hydrogens is 416 g/mol. The summed E-state index contributed by atoms with van der Waals surface area (Å²) < 4.78 is 1.73. The van der Waals surface area contributed by atoms with Crippen LogP contribution in [0.1, 0.15) is 66.0 Å². The highest BCUT2D eigenvalue weighted by molar-refractivity contribution is 5.92. The second-order valence-corrected chi connectivity index (χ2v) is 11.1. The van der Waals surface area contributed by atoms with Crippen LogP contribution in [0.15, 0.2) is 12.4 Å². The van der Waals surface area contributed by atoms with Crippen molar-refractivity contribution in [3.8, 4) is 0 Å². The van der Waals surface area contributed by atoms with E-state index in [0.717, 1.165) is 40.5 Å². The zero-order chi connectivity index (χ0) is 22.7. The Labute approximate surface area is 194 Å². The Hall–Kier alpha value is -2.48. The molecule has 4 bridgehead atoms. The second-order valence-electron chi connectivity index (χ2n) is 11.1. The number of rotatable bonds is 5. The summed E-state index contributed by atoms with van der Waals surface area (Å²) in [4.78, 5) is 23.7. The lowest BCUT2D eigenvalue weighted by Gasteiger charge is -2.58. The van der Waals surface area contributed by atoms with Gasteiger partial charge in [-0.1, -0.05) is 0 Å². The summed E-state index contributed by atoms with van der Waals surface area (Å²) in [6.07, 6.45) is 9.63. The third-order valence-electron chi connectivity index (χ3n) is 8.88. The smallest absolute Gasteiger partial charge is 0.274 e. The summed E-state index contributed by atoms with van der Waals surface area (Å²) in [5.74, 6) is 3.22. The fourth-order valence-corrected chi connectivity index (χ4v) is 7.50. The van der Waals surface area contributed by atoms with Crippen molar-refractivity contribution < 1.29 is 9.90 Å². The van der Waals surface area contributed by atoms with E-state index in [1.165, 1.54) is 38.5 Å². The van der Waals surface area contributed by atoms with Crippen molar-refractivity contribution in [1.82, 2.24) is 24.6 Å². The molecule has 1 amide bonds. The van der Waals surface area contributed by atoms with Crippen LogP contribution in [-0.2, 0) is 20.0 Å². The standard InChI is InChI=1S/C25H34N6O2/c1-15-5-20(29-30(15)2)24(33)31-4-3-19-21(13-31)27-14-28-23(19)26-12-22(32)25-9-16-6-17(10-25)8-18(7-16)11-25/h5,14,16-18,22,32H,3-4,6-13H2,1-2H3,(H,26,27,28). The van der Waals surface area contributed by atoms with Crippen LogP contribution in [0, 0.1) is 30.1 Å². The van der Waals surface area contributed by atoms with E-state index >= 15 is 0 Å². The number of carbonyl (C=O) groups excluding carboxylic acids is 1. The predicted molar refractivity (Wildman–Crippen MR) is 124 cm³/mol. The Bertz CT molecular complexity index is 1020. The lowest BCUT2D eigenvalue weighted by Crippen LogP contribution is -2.53. The molecule has 2 aromatic rings. The van der Waals surface area contributed by atoms with Gasteiger partial charge in [0.05, 0.1) is 18.3 Å². The third kappa shape index (κ3) is 3.63. The molecule has 8 heteroatoms. The van der Waals surface area contributed by atoms with Gasteiger partial charge in [-0.2, -0.15) is 5.10 Å². The van der Waals surface area contributed by atoms with Gasteiger partial charge in [0.15, 0.2) is 5.69 Å². The fourth-order valence-electron chi connectivity index (χ4n) is 7.50. The minimum Gasteiger partial charge on any atom is -0.391 e. The maximum atomic E-state index is 12.9. The summed E-state index contributed by atoms with van der Waals surface area (Å²) in [6.45, 7) is 3.54. The van der Waals surface area contributed by atoms with Crippen LogP contribution in [0.4, 0.5) is 5.82 Å². The topological polar surface area (TPSA) is 96.2 Å². The van der Waals surface area contributed by atoms with Crippen molar-refractivity contribution in [3.63, 3.8) is 0 Å². The Morgan fingerprint density at radius 1 is 1.21 bits per heavy atom. The Morgan fingerprint density at radius 2 is 1.91 bits per heavy atom. The summed E-state index contributed by atoms with van der Waals surface area (Å²) in [5, 5.41) is 19.1. The molecule has 0 spiro atoms. The molecule has 1 atom stereocenters. The van der Waals surface area contributed by atoms with E-state index in [-0.39, 0.29) is 17.4 Å². The highest BCUT2D eigenvalue weighted by Crippen LogP contribution is 2.61. The number of aryl methyl sites for hydroxylation is 2. The number of amides is 1. The van der Waals surface area contributed by atoms with E-state index < -0.39 is 0 Å². The molecule has 33 heavy (non-hydrogen) atoms. The molecular formula is C25H34N6O2. The number of aromatic nitrogens is 4. The van der Waals surface area contributed by atoms with Crippen molar-refractivity contribution in [1.29, 1.82) is 0 Å². The van der Waals surface area contributed by atoms with Crippen LogP contribution in [0.5, 0.6) is 0 Å². The molecule has 2 aromatic heterocycles. The highest BCUT2D eigenvalue weighted by atomic mass is 16.3. The van der Waals surface area contributed by atoms with Crippen LogP contribution < -0.4 is 5.32 Å². The zero-order valence-electron chi connectivity index (χ0n) is 19.6. The van der Waals surface area contributed by atoms with Crippen molar-refractivity contribution >= 4 is 11.7 Å². The molecule has 4 saturated carbocycles. The van der Waals surface area contributed by atoms with Crippen molar-refractivity contribution in [2.24, 2.45) is 30.2 Å². The van der Waals surface area contributed by atoms with Gasteiger partial charge in [0.1, 0.15) is 12.1 Å². The lowest BCUT2D eigenvalue weighted by molar-refractivity contribution is -0.115. The van der Waals surface area contributed by atoms with Crippen molar-refractivity contribution in [2.45, 2.75) is 64.5 Å². The zero-order valence-corrected chi connectivity index (χ0v) is 19.6. The van der Waals surface area contributed by atoms with Crippen molar-refractivity contribution in [3.05, 3.63) is 35.0 Å². The van der Waals surface area contributed by atoms with Gasteiger partial charge in [-0.15, -0.1) is 0 Å². The Balaban J connectivity index is 1.14. The lowest BCUT2D eigenvalue weighted by atomic mass is 9.48. The average molecular weight is 451 g/mol. The molecule has 0 aromatic carbocycles. The van der Waals surface area contributed by atoms with Gasteiger partial charge in [-0.3, -0.25) is 9.48 Å². The first-order valence-corrected chi connectivity index (χ1v) is 12.4. The number of nitrogens with one attached hydrogen (secondary N) is 1. The minimum absolute atomic E-state index is 0.0605. The molecule has 5 aliphatic rings.